The van der Waals surface area contributed by atoms with Crippen LogP contribution in [0, 0.1) is 0 Å². The summed E-state index contributed by atoms with van der Waals surface area (Å²) in [5.41, 5.74) is -5.08. The van der Waals surface area contributed by atoms with E-state index in [4.69, 9.17) is 4.18 Å². The van der Waals surface area contributed by atoms with Crippen molar-refractivity contribution in [2.75, 3.05) is 74.7 Å². The SMILES string of the molecule is CN(CCc1cc(C(F)(F)F)cc(C(F)(F)F)c1)C(=O)[C@H](OS(C)(=O)=O)c1ccccc1.CN=C(N(C)C)N(C)C1CCN([C@H](C(=O)N(C)CCc2cc(C(F)(F)F)cc(C(F)(F)F)c2)c2ccccc2)CC1. The third kappa shape index (κ3) is 17.4. The van der Waals surface area contributed by atoms with Gasteiger partial charge in [-0.3, -0.25) is 23.7 Å². The number of amides is 2. The Hall–Kier alpha value is -5.88. The fraction of sp³-hybridized carbons (Fsp3) is 0.449. The summed E-state index contributed by atoms with van der Waals surface area (Å²) >= 11 is 0. The van der Waals surface area contributed by atoms with Crippen molar-refractivity contribution in [1.82, 2.24) is 24.5 Å². The van der Waals surface area contributed by atoms with Gasteiger partial charge in [0.15, 0.2) is 12.1 Å². The number of hydrogen-bond donors (Lipinski definition) is 0. The molecule has 1 fully saturated rings. The van der Waals surface area contributed by atoms with E-state index in [0.717, 1.165) is 35.5 Å². The van der Waals surface area contributed by atoms with Gasteiger partial charge in [0.25, 0.3) is 16.0 Å². The fourth-order valence-corrected chi connectivity index (χ4v) is 8.65. The molecule has 0 spiro atoms. The van der Waals surface area contributed by atoms with Gasteiger partial charge in [-0.05, 0) is 84.3 Å². The standard InChI is InChI=1S/C29H37F6N5O.C20H19F6NO4S/c1-36-27(37(2)3)39(5)24-12-15-40(16-13-24)25(21-9-7-6-8-10-21)26(41)38(4)14-11-20-17-22(28(30,31)32)19-23(18-20)29(33,34)35;1-27(18(28)17(31-32(2,29)30)14-6-4-3-5-7-14)9-8-13-10-15(19(21,22)23)12-16(11-13)20(24,25)26/h6-10,17-19,24-25H,11-16H2,1-5H3;3-7,10-12,17H,8-9H2,1-2H3/t25-;17-/m01/s1. The number of benzene rings is 4. The first-order valence-corrected chi connectivity index (χ1v) is 24.2. The highest BCUT2D eigenvalue weighted by atomic mass is 32.2. The molecule has 0 N–H and O–H groups in total. The molecular formula is C49H56F12N6O5S. The smallest absolute Gasteiger partial charge is 0.349 e. The zero-order chi connectivity index (χ0) is 54.9. The first kappa shape index (κ1) is 59.7. The van der Waals surface area contributed by atoms with Crippen LogP contribution in [0.25, 0.3) is 0 Å². The van der Waals surface area contributed by atoms with Gasteiger partial charge >= 0.3 is 24.7 Å². The fourth-order valence-electron chi connectivity index (χ4n) is 8.10. The van der Waals surface area contributed by atoms with Gasteiger partial charge in [0.05, 0.1) is 28.5 Å². The summed E-state index contributed by atoms with van der Waals surface area (Å²) in [4.78, 5) is 39.4. The van der Waals surface area contributed by atoms with Crippen molar-refractivity contribution in [3.05, 3.63) is 142 Å². The van der Waals surface area contributed by atoms with Gasteiger partial charge < -0.3 is 19.6 Å². The van der Waals surface area contributed by atoms with Crippen LogP contribution < -0.4 is 0 Å². The first-order valence-electron chi connectivity index (χ1n) is 22.4. The summed E-state index contributed by atoms with van der Waals surface area (Å²) in [6, 6.07) is 19.1. The number of piperidine rings is 1. The second-order valence-corrected chi connectivity index (χ2v) is 19.1. The van der Waals surface area contributed by atoms with Crippen LogP contribution >= 0.6 is 0 Å². The Labute approximate surface area is 416 Å². The Morgan fingerprint density at radius 1 is 0.616 bits per heavy atom. The normalized spacial score (nSPS) is 15.2. The zero-order valence-corrected chi connectivity index (χ0v) is 41.6. The van der Waals surface area contributed by atoms with E-state index in [9.17, 15) is 70.7 Å². The van der Waals surface area contributed by atoms with E-state index in [2.05, 4.69) is 14.8 Å². The average molecular weight is 1070 g/mol. The third-order valence-electron chi connectivity index (χ3n) is 11.8. The molecule has 0 aromatic heterocycles. The largest absolute Gasteiger partial charge is 0.416 e. The van der Waals surface area contributed by atoms with Gasteiger partial charge in [-0.25, -0.2) is 0 Å². The average Bonchev–Trinajstić information content (AvgIpc) is 3.31. The zero-order valence-electron chi connectivity index (χ0n) is 40.8. The number of carbonyl (C=O) groups excluding carboxylic acids is 2. The molecule has 1 saturated heterocycles. The number of rotatable bonds is 14. The molecule has 4 aromatic rings. The van der Waals surface area contributed by atoms with Crippen molar-refractivity contribution in [3.63, 3.8) is 0 Å². The van der Waals surface area contributed by atoms with Crippen LogP contribution in [0.2, 0.25) is 0 Å². The van der Waals surface area contributed by atoms with Crippen molar-refractivity contribution in [1.29, 1.82) is 0 Å². The molecule has 2 atom stereocenters. The number of alkyl halides is 12. The van der Waals surface area contributed by atoms with E-state index in [1.807, 2.05) is 56.4 Å². The quantitative estimate of drug-likeness (QED) is 0.0532. The van der Waals surface area contributed by atoms with E-state index in [0.29, 0.717) is 37.4 Å². The van der Waals surface area contributed by atoms with Crippen LogP contribution in [0.15, 0.2) is 102 Å². The number of likely N-dealkylation sites (N-methyl/N-ethyl adjacent to an activating group) is 2. The van der Waals surface area contributed by atoms with E-state index in [1.165, 1.54) is 31.1 Å². The van der Waals surface area contributed by atoms with Crippen molar-refractivity contribution in [3.8, 4) is 0 Å². The Kier molecular flexibility index (Phi) is 20.0. The van der Waals surface area contributed by atoms with Gasteiger partial charge in [0.2, 0.25) is 5.91 Å². The molecule has 24 heteroatoms. The Morgan fingerprint density at radius 3 is 1.33 bits per heavy atom. The molecule has 2 amide bonds. The van der Waals surface area contributed by atoms with Crippen LogP contribution in [0.4, 0.5) is 52.7 Å². The lowest BCUT2D eigenvalue weighted by molar-refractivity contribution is -0.144. The summed E-state index contributed by atoms with van der Waals surface area (Å²) in [7, 11) is 6.30. The van der Waals surface area contributed by atoms with Crippen LogP contribution in [0.5, 0.6) is 0 Å². The number of aliphatic imine (C=N–C) groups is 1. The molecule has 1 aliphatic rings. The summed E-state index contributed by atoms with van der Waals surface area (Å²) in [5, 5.41) is 0. The monoisotopic (exact) mass is 1070 g/mol. The van der Waals surface area contributed by atoms with Gasteiger partial charge in [-0.1, -0.05) is 60.7 Å². The lowest BCUT2D eigenvalue weighted by Crippen LogP contribution is -2.51. The summed E-state index contributed by atoms with van der Waals surface area (Å²) in [6.45, 7) is 0.926. The lowest BCUT2D eigenvalue weighted by atomic mass is 9.97. The Balaban J connectivity index is 0.000000327. The minimum Gasteiger partial charge on any atom is -0.349 e. The van der Waals surface area contributed by atoms with Gasteiger partial charge in [0.1, 0.15) is 6.04 Å². The second-order valence-electron chi connectivity index (χ2n) is 17.5. The number of carbonyl (C=O) groups is 2. The number of hydrogen-bond acceptors (Lipinski definition) is 7. The summed E-state index contributed by atoms with van der Waals surface area (Å²) < 4.78 is 186. The summed E-state index contributed by atoms with van der Waals surface area (Å²) in [6.07, 6.45) is -19.6. The lowest BCUT2D eigenvalue weighted by Gasteiger charge is -2.42. The van der Waals surface area contributed by atoms with Crippen molar-refractivity contribution >= 4 is 27.9 Å². The van der Waals surface area contributed by atoms with Crippen molar-refractivity contribution in [2.24, 2.45) is 4.99 Å². The van der Waals surface area contributed by atoms with Crippen molar-refractivity contribution in [2.45, 2.75) is 68.6 Å². The number of likely N-dealkylation sites (tertiary alicyclic amines) is 1. The Bertz CT molecular complexity index is 2540. The maximum atomic E-state index is 13.8. The summed E-state index contributed by atoms with van der Waals surface area (Å²) in [5.74, 6) is -0.248. The topological polar surface area (TPSA) is 106 Å². The highest BCUT2D eigenvalue weighted by molar-refractivity contribution is 7.86. The van der Waals surface area contributed by atoms with Crippen molar-refractivity contribution < 1.29 is 74.9 Å². The van der Waals surface area contributed by atoms with E-state index in [1.54, 1.807) is 25.2 Å². The molecule has 5 rings (SSSR count). The van der Waals surface area contributed by atoms with Crippen LogP contribution in [-0.4, -0.2) is 131 Å². The van der Waals surface area contributed by atoms with E-state index >= 15 is 0 Å². The molecular weight excluding hydrogens is 1010 g/mol. The van der Waals surface area contributed by atoms with Crippen LogP contribution in [0.3, 0.4) is 0 Å². The molecule has 0 aliphatic carbocycles. The molecule has 0 unspecified atom stereocenters. The second kappa shape index (κ2) is 24.4. The maximum Gasteiger partial charge on any atom is 0.416 e. The Morgan fingerprint density at radius 2 is 0.986 bits per heavy atom. The third-order valence-corrected chi connectivity index (χ3v) is 12.3. The molecule has 0 bridgehead atoms. The number of guanidine groups is 1. The van der Waals surface area contributed by atoms with Crippen LogP contribution in [0.1, 0.15) is 69.5 Å². The number of halogens is 12. The molecule has 11 nitrogen and oxygen atoms in total. The predicted molar refractivity (Wildman–Crippen MR) is 249 cm³/mol. The first-order chi connectivity index (χ1) is 33.7. The minimum atomic E-state index is -4.99. The molecule has 1 aliphatic heterocycles. The van der Waals surface area contributed by atoms with E-state index < -0.39 is 75.1 Å². The minimum absolute atomic E-state index is 0.0176. The molecule has 402 valence electrons. The predicted octanol–water partition coefficient (Wildman–Crippen LogP) is 9.85. The highest BCUT2D eigenvalue weighted by Crippen LogP contribution is 2.38. The van der Waals surface area contributed by atoms with E-state index in [-0.39, 0.29) is 66.7 Å². The maximum absolute atomic E-state index is 13.8. The van der Waals surface area contributed by atoms with Gasteiger partial charge in [0, 0.05) is 74.5 Å². The van der Waals surface area contributed by atoms with Crippen LogP contribution in [-0.2, 0) is 61.4 Å². The molecule has 4 aromatic carbocycles. The molecule has 0 saturated carbocycles. The molecule has 0 radical (unpaired) electrons. The molecule has 1 heterocycles. The number of nitrogens with zero attached hydrogens (tertiary/aromatic N) is 6. The highest BCUT2D eigenvalue weighted by Gasteiger charge is 2.39. The van der Waals surface area contributed by atoms with Gasteiger partial charge in [-0.15, -0.1) is 0 Å². The van der Waals surface area contributed by atoms with Gasteiger partial charge in [-0.2, -0.15) is 61.1 Å². The molecule has 73 heavy (non-hydrogen) atoms.